The minimum absolute atomic E-state index is 0.176. The van der Waals surface area contributed by atoms with E-state index in [1.165, 1.54) is 12.1 Å². The quantitative estimate of drug-likeness (QED) is 0.903. The molecule has 25 heavy (non-hydrogen) atoms. The van der Waals surface area contributed by atoms with Crippen molar-refractivity contribution in [2.45, 2.75) is 43.6 Å². The van der Waals surface area contributed by atoms with Crippen molar-refractivity contribution in [1.29, 1.82) is 0 Å². The third-order valence-electron chi connectivity index (χ3n) is 5.14. The second-order valence-electron chi connectivity index (χ2n) is 6.76. The summed E-state index contributed by atoms with van der Waals surface area (Å²) in [5.41, 5.74) is -0.763. The van der Waals surface area contributed by atoms with Crippen LogP contribution in [0.25, 0.3) is 0 Å². The Morgan fingerprint density at radius 1 is 1.28 bits per heavy atom. The summed E-state index contributed by atoms with van der Waals surface area (Å²) >= 11 is 0. The Morgan fingerprint density at radius 2 is 2.00 bits per heavy atom. The van der Waals surface area contributed by atoms with Crippen molar-refractivity contribution >= 4 is 11.9 Å². The van der Waals surface area contributed by atoms with Crippen LogP contribution in [0.4, 0.5) is 8.78 Å². The summed E-state index contributed by atoms with van der Waals surface area (Å²) in [5, 5.41) is 8.92. The van der Waals surface area contributed by atoms with Crippen molar-refractivity contribution in [3.63, 3.8) is 0 Å². The average Bonchev–Trinajstić information content (AvgIpc) is 3.04. The van der Waals surface area contributed by atoms with Crippen LogP contribution >= 0.6 is 0 Å². The van der Waals surface area contributed by atoms with Crippen LogP contribution in [0.1, 0.15) is 37.7 Å². The van der Waals surface area contributed by atoms with Gasteiger partial charge in [-0.1, -0.05) is 18.9 Å². The van der Waals surface area contributed by atoms with Crippen LogP contribution < -0.4 is 0 Å². The number of ether oxygens (including phenoxy) is 1. The lowest BCUT2D eigenvalue weighted by atomic mass is 9.77. The van der Waals surface area contributed by atoms with Gasteiger partial charge in [-0.05, 0) is 18.9 Å². The van der Waals surface area contributed by atoms with Crippen molar-refractivity contribution in [2.75, 3.05) is 19.7 Å². The number of carboxylic acids is 1. The molecule has 1 unspecified atom stereocenters. The SMILES string of the molecule is O=C(O)CC1CN(C(=O)C2(c3ccc(F)cc3F)CCCC2)CCO1. The lowest BCUT2D eigenvalue weighted by molar-refractivity contribution is -0.151. The highest BCUT2D eigenvalue weighted by molar-refractivity contribution is 5.89. The molecule has 2 aliphatic rings. The van der Waals surface area contributed by atoms with Gasteiger partial charge in [0, 0.05) is 24.7 Å². The Bertz CT molecular complexity index is 673. The van der Waals surface area contributed by atoms with Gasteiger partial charge in [-0.15, -0.1) is 0 Å². The van der Waals surface area contributed by atoms with Gasteiger partial charge in [0.1, 0.15) is 11.6 Å². The lowest BCUT2D eigenvalue weighted by Crippen LogP contribution is -2.53. The summed E-state index contributed by atoms with van der Waals surface area (Å²) in [5.74, 6) is -2.58. The predicted octanol–water partition coefficient (Wildman–Crippen LogP) is 2.48. The zero-order valence-corrected chi connectivity index (χ0v) is 13.8. The number of benzene rings is 1. The maximum atomic E-state index is 14.4. The minimum atomic E-state index is -0.997. The molecule has 7 heteroatoms. The van der Waals surface area contributed by atoms with Gasteiger partial charge in [0.05, 0.1) is 24.5 Å². The van der Waals surface area contributed by atoms with E-state index in [2.05, 4.69) is 0 Å². The first-order valence-corrected chi connectivity index (χ1v) is 8.51. The summed E-state index contributed by atoms with van der Waals surface area (Å²) in [6.07, 6.45) is 1.87. The Labute approximate surface area is 144 Å². The molecule has 1 atom stereocenters. The molecule has 2 fully saturated rings. The smallest absolute Gasteiger partial charge is 0.306 e. The van der Waals surface area contributed by atoms with Gasteiger partial charge in [-0.2, -0.15) is 0 Å². The predicted molar refractivity (Wildman–Crippen MR) is 85.1 cm³/mol. The van der Waals surface area contributed by atoms with Gasteiger partial charge in [0.2, 0.25) is 5.91 Å². The molecule has 0 aromatic heterocycles. The van der Waals surface area contributed by atoms with E-state index in [-0.39, 0.29) is 31.0 Å². The number of carbonyl (C=O) groups is 2. The van der Waals surface area contributed by atoms with Gasteiger partial charge < -0.3 is 14.7 Å². The first-order chi connectivity index (χ1) is 11.9. The summed E-state index contributed by atoms with van der Waals surface area (Å²) in [6, 6.07) is 3.36. The van der Waals surface area contributed by atoms with Crippen molar-refractivity contribution in [2.24, 2.45) is 0 Å². The third kappa shape index (κ3) is 3.51. The minimum Gasteiger partial charge on any atom is -0.481 e. The van der Waals surface area contributed by atoms with E-state index in [4.69, 9.17) is 9.84 Å². The Balaban J connectivity index is 1.87. The number of hydrogen-bond donors (Lipinski definition) is 1. The molecule has 5 nitrogen and oxygen atoms in total. The molecule has 1 N–H and O–H groups in total. The van der Waals surface area contributed by atoms with Gasteiger partial charge >= 0.3 is 5.97 Å². The normalized spacial score (nSPS) is 22.8. The van der Waals surface area contributed by atoms with Crippen molar-refractivity contribution in [3.05, 3.63) is 35.4 Å². The summed E-state index contributed by atoms with van der Waals surface area (Å²) in [7, 11) is 0. The monoisotopic (exact) mass is 353 g/mol. The van der Waals surface area contributed by atoms with E-state index in [9.17, 15) is 18.4 Å². The summed E-state index contributed by atoms with van der Waals surface area (Å²) in [4.78, 5) is 25.7. The molecule has 136 valence electrons. The standard InChI is InChI=1S/C18H21F2NO4/c19-12-3-4-14(15(20)9-12)18(5-1-2-6-18)17(24)21-7-8-25-13(11-21)10-16(22)23/h3-4,9,13H,1-2,5-8,10-11H2,(H,22,23). The molecule has 1 heterocycles. The molecular weight excluding hydrogens is 332 g/mol. The number of carbonyl (C=O) groups excluding carboxylic acids is 1. The van der Waals surface area contributed by atoms with Gasteiger partial charge in [-0.25, -0.2) is 8.78 Å². The maximum absolute atomic E-state index is 14.4. The number of amides is 1. The zero-order chi connectivity index (χ0) is 18.0. The fourth-order valence-corrected chi connectivity index (χ4v) is 3.98. The second kappa shape index (κ2) is 7.07. The molecule has 0 radical (unpaired) electrons. The van der Waals surface area contributed by atoms with Crippen molar-refractivity contribution in [1.82, 2.24) is 4.90 Å². The second-order valence-corrected chi connectivity index (χ2v) is 6.76. The molecule has 1 aliphatic heterocycles. The van der Waals surface area contributed by atoms with E-state index in [1.54, 1.807) is 4.90 Å². The van der Waals surface area contributed by atoms with E-state index < -0.39 is 29.1 Å². The molecule has 1 aromatic rings. The summed E-state index contributed by atoms with van der Waals surface area (Å²) in [6.45, 7) is 0.779. The van der Waals surface area contributed by atoms with Crippen LogP contribution in [0.5, 0.6) is 0 Å². The molecule has 1 aromatic carbocycles. The van der Waals surface area contributed by atoms with E-state index in [1.807, 2.05) is 0 Å². The van der Waals surface area contributed by atoms with E-state index in [0.29, 0.717) is 19.4 Å². The molecule has 1 saturated carbocycles. The van der Waals surface area contributed by atoms with Crippen LogP contribution in [0.15, 0.2) is 18.2 Å². The third-order valence-corrected chi connectivity index (χ3v) is 5.14. The fraction of sp³-hybridized carbons (Fsp3) is 0.556. The Hall–Kier alpha value is -2.02. The number of hydrogen-bond acceptors (Lipinski definition) is 3. The van der Waals surface area contributed by atoms with Crippen LogP contribution in [0.3, 0.4) is 0 Å². The van der Waals surface area contributed by atoms with E-state index in [0.717, 1.165) is 18.9 Å². The number of nitrogens with zero attached hydrogens (tertiary/aromatic N) is 1. The largest absolute Gasteiger partial charge is 0.481 e. The van der Waals surface area contributed by atoms with Crippen molar-refractivity contribution in [3.8, 4) is 0 Å². The first kappa shape index (κ1) is 17.8. The number of carboxylic acid groups (broad SMARTS) is 1. The Kier molecular flexibility index (Phi) is 5.03. The van der Waals surface area contributed by atoms with Gasteiger partial charge in [0.15, 0.2) is 0 Å². The van der Waals surface area contributed by atoms with E-state index >= 15 is 0 Å². The highest BCUT2D eigenvalue weighted by Crippen LogP contribution is 2.44. The molecule has 1 amide bonds. The van der Waals surface area contributed by atoms with Crippen molar-refractivity contribution < 1.29 is 28.2 Å². The Morgan fingerprint density at radius 3 is 2.64 bits per heavy atom. The lowest BCUT2D eigenvalue weighted by Gasteiger charge is -2.39. The molecule has 0 spiro atoms. The van der Waals surface area contributed by atoms with Crippen LogP contribution in [-0.2, 0) is 19.7 Å². The molecular formula is C18H21F2NO4. The topological polar surface area (TPSA) is 66.8 Å². The fourth-order valence-electron chi connectivity index (χ4n) is 3.98. The van der Waals surface area contributed by atoms with Crippen LogP contribution in [0, 0.1) is 11.6 Å². The average molecular weight is 353 g/mol. The molecule has 3 rings (SSSR count). The number of morpholine rings is 1. The molecule has 0 bridgehead atoms. The van der Waals surface area contributed by atoms with Crippen LogP contribution in [-0.4, -0.2) is 47.7 Å². The molecule has 1 saturated heterocycles. The number of aliphatic carboxylic acids is 1. The zero-order valence-electron chi connectivity index (χ0n) is 13.8. The first-order valence-electron chi connectivity index (χ1n) is 8.51. The molecule has 1 aliphatic carbocycles. The number of rotatable bonds is 4. The van der Waals surface area contributed by atoms with Gasteiger partial charge in [-0.3, -0.25) is 9.59 Å². The summed E-state index contributed by atoms with van der Waals surface area (Å²) < 4.78 is 33.1. The highest BCUT2D eigenvalue weighted by atomic mass is 19.1. The number of halogens is 2. The van der Waals surface area contributed by atoms with Gasteiger partial charge in [0.25, 0.3) is 0 Å². The van der Waals surface area contributed by atoms with Crippen LogP contribution in [0.2, 0.25) is 0 Å². The maximum Gasteiger partial charge on any atom is 0.306 e. The highest BCUT2D eigenvalue weighted by Gasteiger charge is 2.47.